The Morgan fingerprint density at radius 3 is 2.94 bits per heavy atom. The highest BCUT2D eigenvalue weighted by Crippen LogP contribution is 2.15. The Hall–Kier alpha value is -1.61. The smallest absolute Gasteiger partial charge is 0.0966 e. The van der Waals surface area contributed by atoms with E-state index >= 15 is 0 Å². The lowest BCUT2D eigenvalue weighted by Gasteiger charge is -2.21. The predicted octanol–water partition coefficient (Wildman–Crippen LogP) is 2.02. The van der Waals surface area contributed by atoms with Crippen molar-refractivity contribution >= 4 is 11.8 Å². The van der Waals surface area contributed by atoms with Crippen molar-refractivity contribution in [1.82, 2.24) is 0 Å². The van der Waals surface area contributed by atoms with Crippen molar-refractivity contribution in [2.24, 2.45) is 10.7 Å². The average molecular weight is 230 g/mol. The summed E-state index contributed by atoms with van der Waals surface area (Å²) in [5.74, 6) is 0. The minimum absolute atomic E-state index is 0.305. The zero-order valence-corrected chi connectivity index (χ0v) is 10.1. The molecule has 1 saturated heterocycles. The number of rotatable bonds is 4. The molecule has 0 radical (unpaired) electrons. The summed E-state index contributed by atoms with van der Waals surface area (Å²) in [6.07, 6.45) is 4.49. The number of aliphatic imine (C=N–C) groups is 1. The van der Waals surface area contributed by atoms with Gasteiger partial charge in [0.25, 0.3) is 0 Å². The molecular formula is C14H18N2O. The Kier molecular flexibility index (Phi) is 3.94. The van der Waals surface area contributed by atoms with Gasteiger partial charge in [-0.05, 0) is 17.5 Å². The van der Waals surface area contributed by atoms with E-state index < -0.39 is 0 Å². The normalized spacial score (nSPS) is 17.4. The summed E-state index contributed by atoms with van der Waals surface area (Å²) in [5.41, 5.74) is 9.05. The van der Waals surface area contributed by atoms with E-state index in [9.17, 15) is 0 Å². The van der Waals surface area contributed by atoms with Crippen LogP contribution in [0.15, 0.2) is 35.5 Å². The number of hydrogen-bond acceptors (Lipinski definition) is 3. The highest BCUT2D eigenvalue weighted by molar-refractivity contribution is 6.09. The van der Waals surface area contributed by atoms with E-state index in [0.29, 0.717) is 6.04 Å². The molecule has 2 N–H and O–H groups in total. The Labute approximate surface area is 102 Å². The Morgan fingerprint density at radius 2 is 2.35 bits per heavy atom. The van der Waals surface area contributed by atoms with E-state index in [1.54, 1.807) is 6.20 Å². The van der Waals surface area contributed by atoms with Gasteiger partial charge in [-0.15, -0.1) is 0 Å². The lowest BCUT2D eigenvalue weighted by Crippen LogP contribution is -2.31. The number of allylic oxidation sites excluding steroid dienone is 1. The van der Waals surface area contributed by atoms with Crippen LogP contribution in [0.4, 0.5) is 0 Å². The number of nitrogens with zero attached hydrogens (tertiary/aromatic N) is 1. The van der Waals surface area contributed by atoms with Gasteiger partial charge in [0.2, 0.25) is 0 Å². The molecule has 0 aliphatic carbocycles. The lowest BCUT2D eigenvalue weighted by molar-refractivity contribution is 0.0136. The van der Waals surface area contributed by atoms with Gasteiger partial charge in [-0.1, -0.05) is 31.2 Å². The van der Waals surface area contributed by atoms with Crippen molar-refractivity contribution in [2.45, 2.75) is 19.4 Å². The number of benzene rings is 1. The largest absolute Gasteiger partial charge is 0.404 e. The summed E-state index contributed by atoms with van der Waals surface area (Å²) in [5, 5.41) is 0. The van der Waals surface area contributed by atoms with Gasteiger partial charge < -0.3 is 10.5 Å². The summed E-state index contributed by atoms with van der Waals surface area (Å²) in [6, 6.07) is 8.69. The van der Waals surface area contributed by atoms with E-state index in [1.165, 1.54) is 5.56 Å². The van der Waals surface area contributed by atoms with Crippen LogP contribution in [0.2, 0.25) is 0 Å². The van der Waals surface area contributed by atoms with Gasteiger partial charge in [-0.25, -0.2) is 0 Å². The molecule has 90 valence electrons. The number of hydrogen-bond donors (Lipinski definition) is 1. The molecule has 17 heavy (non-hydrogen) atoms. The molecule has 1 aliphatic heterocycles. The third-order valence-corrected chi connectivity index (χ3v) is 2.89. The Bertz CT molecular complexity index is 434. The fourth-order valence-electron chi connectivity index (χ4n) is 1.68. The highest BCUT2D eigenvalue weighted by atomic mass is 16.5. The minimum Gasteiger partial charge on any atom is -0.404 e. The molecule has 2 rings (SSSR count). The minimum atomic E-state index is 0.305. The van der Waals surface area contributed by atoms with Crippen molar-refractivity contribution in [3.05, 3.63) is 41.6 Å². The van der Waals surface area contributed by atoms with Gasteiger partial charge in [-0.2, -0.15) is 0 Å². The maximum Gasteiger partial charge on any atom is 0.0966 e. The van der Waals surface area contributed by atoms with Gasteiger partial charge in [0.1, 0.15) is 0 Å². The van der Waals surface area contributed by atoms with Crippen LogP contribution in [0.25, 0.3) is 5.57 Å². The predicted molar refractivity (Wildman–Crippen MR) is 71.1 cm³/mol. The fraction of sp³-hybridized carbons (Fsp3) is 0.357. The van der Waals surface area contributed by atoms with E-state index in [0.717, 1.165) is 30.8 Å². The third kappa shape index (κ3) is 2.94. The molecule has 0 atom stereocenters. The van der Waals surface area contributed by atoms with Crippen molar-refractivity contribution in [2.75, 3.05) is 13.2 Å². The van der Waals surface area contributed by atoms with E-state index in [2.05, 4.69) is 36.2 Å². The second-order valence-corrected chi connectivity index (χ2v) is 4.15. The Morgan fingerprint density at radius 1 is 1.53 bits per heavy atom. The van der Waals surface area contributed by atoms with E-state index in [1.807, 2.05) is 6.21 Å². The molecule has 0 unspecified atom stereocenters. The summed E-state index contributed by atoms with van der Waals surface area (Å²) in [6.45, 7) is 3.59. The van der Waals surface area contributed by atoms with E-state index in [-0.39, 0.29) is 0 Å². The standard InChI is InChI=1S/C14H18N2O/c1-2-11-4-3-5-12(6-11)13(7-15)8-16-14-9-17-10-14/h3-8,14H,2,9-10,15H2,1H3/b13-7+,16-8?. The molecule has 1 aromatic rings. The van der Waals surface area contributed by atoms with Crippen LogP contribution in [-0.2, 0) is 11.2 Å². The summed E-state index contributed by atoms with van der Waals surface area (Å²) in [7, 11) is 0. The van der Waals surface area contributed by atoms with Crippen molar-refractivity contribution in [3.63, 3.8) is 0 Å². The Balaban J connectivity index is 2.13. The van der Waals surface area contributed by atoms with Crippen molar-refractivity contribution in [3.8, 4) is 0 Å². The number of nitrogens with two attached hydrogens (primary N) is 1. The van der Waals surface area contributed by atoms with Crippen LogP contribution in [0.5, 0.6) is 0 Å². The van der Waals surface area contributed by atoms with Crippen LogP contribution in [0, 0.1) is 0 Å². The number of aryl methyl sites for hydroxylation is 1. The molecule has 3 nitrogen and oxygen atoms in total. The molecule has 1 fully saturated rings. The first kappa shape index (κ1) is 11.9. The van der Waals surface area contributed by atoms with Crippen LogP contribution in [0.3, 0.4) is 0 Å². The first-order valence-corrected chi connectivity index (χ1v) is 5.95. The molecule has 0 bridgehead atoms. The molecule has 0 spiro atoms. The SMILES string of the molecule is CCc1cccc(/C(C=NC2COC2)=C/N)c1. The molecule has 1 heterocycles. The summed E-state index contributed by atoms with van der Waals surface area (Å²) in [4.78, 5) is 4.43. The monoisotopic (exact) mass is 230 g/mol. The third-order valence-electron chi connectivity index (χ3n) is 2.89. The molecule has 1 aliphatic rings. The topological polar surface area (TPSA) is 47.6 Å². The van der Waals surface area contributed by atoms with Crippen molar-refractivity contribution < 1.29 is 4.74 Å². The van der Waals surface area contributed by atoms with Crippen LogP contribution in [-0.4, -0.2) is 25.5 Å². The number of ether oxygens (including phenoxy) is 1. The van der Waals surface area contributed by atoms with E-state index in [4.69, 9.17) is 10.5 Å². The van der Waals surface area contributed by atoms with Crippen LogP contribution < -0.4 is 5.73 Å². The molecular weight excluding hydrogens is 212 g/mol. The van der Waals surface area contributed by atoms with Gasteiger partial charge in [-0.3, -0.25) is 4.99 Å². The van der Waals surface area contributed by atoms with Crippen molar-refractivity contribution in [1.29, 1.82) is 0 Å². The van der Waals surface area contributed by atoms with Gasteiger partial charge >= 0.3 is 0 Å². The quantitative estimate of drug-likeness (QED) is 0.804. The highest BCUT2D eigenvalue weighted by Gasteiger charge is 2.15. The second-order valence-electron chi connectivity index (χ2n) is 4.15. The van der Waals surface area contributed by atoms with Gasteiger partial charge in [0, 0.05) is 18.0 Å². The molecule has 0 saturated carbocycles. The first-order chi connectivity index (χ1) is 8.33. The zero-order valence-electron chi connectivity index (χ0n) is 10.1. The summed E-state index contributed by atoms with van der Waals surface area (Å²) >= 11 is 0. The molecule has 0 aromatic heterocycles. The molecule has 1 aromatic carbocycles. The maximum absolute atomic E-state index is 5.66. The molecule has 0 amide bonds. The van der Waals surface area contributed by atoms with Gasteiger partial charge in [0.05, 0.1) is 19.3 Å². The first-order valence-electron chi connectivity index (χ1n) is 5.95. The van der Waals surface area contributed by atoms with Crippen LogP contribution in [0.1, 0.15) is 18.1 Å². The second kappa shape index (κ2) is 5.64. The fourth-order valence-corrected chi connectivity index (χ4v) is 1.68. The zero-order chi connectivity index (χ0) is 12.1. The summed E-state index contributed by atoms with van der Waals surface area (Å²) < 4.78 is 5.08. The average Bonchev–Trinajstić information content (AvgIpc) is 2.32. The lowest BCUT2D eigenvalue weighted by atomic mass is 10.0. The molecule has 3 heteroatoms. The van der Waals surface area contributed by atoms with Gasteiger partial charge in [0.15, 0.2) is 0 Å². The van der Waals surface area contributed by atoms with Crippen LogP contribution >= 0.6 is 0 Å². The maximum atomic E-state index is 5.66.